The molecule has 0 aliphatic carbocycles. The topological polar surface area (TPSA) is 136 Å². The van der Waals surface area contributed by atoms with E-state index >= 15 is 0 Å². The maximum Gasteiger partial charge on any atom is 0.349 e. The number of hydrogen-bond donors (Lipinski definition) is 1. The highest BCUT2D eigenvalue weighted by atomic mass is 35.5. The summed E-state index contributed by atoms with van der Waals surface area (Å²) >= 11 is 12.4. The van der Waals surface area contributed by atoms with E-state index in [2.05, 4.69) is 10.2 Å². The first kappa shape index (κ1) is 12.9. The van der Waals surface area contributed by atoms with Crippen molar-refractivity contribution in [3.63, 3.8) is 0 Å². The van der Waals surface area contributed by atoms with Crippen LogP contribution in [0.1, 0.15) is 35.0 Å². The summed E-state index contributed by atoms with van der Waals surface area (Å²) in [5, 5.41) is 15.6. The van der Waals surface area contributed by atoms with Crippen LogP contribution in [0, 0.1) is 11.3 Å². The Morgan fingerprint density at radius 1 is 1.24 bits per heavy atom. The Bertz CT molecular complexity index is 1540. The molecule has 0 unspecified atom stereocenters. The summed E-state index contributed by atoms with van der Waals surface area (Å²) in [5.41, 5.74) is -3.90. The molecular formula is C17H12Cl2N6O4. The average molecular weight is 442 g/mol. The number of hydrogen-bond acceptors (Lipinski definition) is 7. The van der Waals surface area contributed by atoms with Crippen LogP contribution in [0.25, 0.3) is 5.69 Å². The van der Waals surface area contributed by atoms with Crippen molar-refractivity contribution in [1.82, 2.24) is 24.5 Å². The van der Waals surface area contributed by atoms with Crippen LogP contribution in [0.15, 0.2) is 38.6 Å². The van der Waals surface area contributed by atoms with Gasteiger partial charge in [0.15, 0.2) is 5.75 Å². The van der Waals surface area contributed by atoms with Gasteiger partial charge in [0.2, 0.25) is 11.6 Å². The van der Waals surface area contributed by atoms with Crippen molar-refractivity contribution in [3.8, 4) is 23.4 Å². The molecule has 0 aliphatic rings. The minimum absolute atomic E-state index is 0.0360. The molecule has 0 amide bonds. The molecule has 0 bridgehead atoms. The molecule has 0 fully saturated rings. The molecule has 0 atom stereocenters. The molecule has 148 valence electrons. The third-order valence-corrected chi connectivity index (χ3v) is 3.92. The number of nitrogens with zero attached hydrogens (tertiary/aromatic N) is 5. The van der Waals surface area contributed by atoms with Crippen molar-refractivity contribution in [3.05, 3.63) is 71.2 Å². The molecule has 0 saturated heterocycles. The molecule has 0 radical (unpaired) electrons. The van der Waals surface area contributed by atoms with E-state index in [-0.39, 0.29) is 26.2 Å². The Morgan fingerprint density at radius 2 is 1.93 bits per heavy atom. The van der Waals surface area contributed by atoms with Gasteiger partial charge in [0.25, 0.3) is 11.1 Å². The number of H-pyrrole nitrogens is 1. The first-order valence-corrected chi connectivity index (χ1v) is 8.19. The average Bonchev–Trinajstić information content (AvgIpc) is 2.75. The Kier molecular flexibility index (Phi) is 3.52. The van der Waals surface area contributed by atoms with Gasteiger partial charge in [0.05, 0.1) is 23.1 Å². The van der Waals surface area contributed by atoms with Crippen molar-refractivity contribution < 1.29 is 14.3 Å². The summed E-state index contributed by atoms with van der Waals surface area (Å²) in [6, 6.07) is 2.00. The normalized spacial score (nSPS) is 15.6. The van der Waals surface area contributed by atoms with Gasteiger partial charge in [-0.05, 0) is 25.8 Å². The van der Waals surface area contributed by atoms with Gasteiger partial charge < -0.3 is 4.74 Å². The van der Waals surface area contributed by atoms with Crippen molar-refractivity contribution in [2.24, 2.45) is 0 Å². The standard InChI is InChI=1S/C17H12Cl2N6O4/c1-8(2)24-14(26)4-3-13(23-24)29-15-10(18)5-9(6-11(15)19)25-17(28)21-16(27)12(7-20)22-25/h3-6,8H,1-2H3,(H,21,27,28)/i1D3,2D3,8D. The maximum atomic E-state index is 12.3. The van der Waals surface area contributed by atoms with Crippen molar-refractivity contribution >= 4 is 23.2 Å². The van der Waals surface area contributed by atoms with Crippen LogP contribution in [-0.2, 0) is 0 Å². The second kappa shape index (κ2) is 7.90. The third-order valence-electron chi connectivity index (χ3n) is 3.36. The lowest BCUT2D eigenvalue weighted by Crippen LogP contribution is -2.33. The van der Waals surface area contributed by atoms with Gasteiger partial charge in [-0.25, -0.2) is 9.48 Å². The number of benzene rings is 1. The monoisotopic (exact) mass is 441 g/mol. The van der Waals surface area contributed by atoms with Crippen LogP contribution in [0.3, 0.4) is 0 Å². The minimum Gasteiger partial charge on any atom is -0.434 e. The van der Waals surface area contributed by atoms with Gasteiger partial charge in [-0.1, -0.05) is 23.2 Å². The Hall–Kier alpha value is -3.42. The summed E-state index contributed by atoms with van der Waals surface area (Å²) in [4.78, 5) is 37.8. The van der Waals surface area contributed by atoms with Crippen LogP contribution in [0.4, 0.5) is 0 Å². The Morgan fingerprint density at radius 3 is 2.55 bits per heavy atom. The summed E-state index contributed by atoms with van der Waals surface area (Å²) in [7, 11) is 0. The zero-order valence-corrected chi connectivity index (χ0v) is 15.4. The molecule has 2 heterocycles. The van der Waals surface area contributed by atoms with E-state index in [0.29, 0.717) is 4.68 Å². The predicted octanol–water partition coefficient (Wildman–Crippen LogP) is 2.03. The largest absolute Gasteiger partial charge is 0.434 e. The van der Waals surface area contributed by atoms with Gasteiger partial charge in [0, 0.05) is 20.4 Å². The molecule has 12 heteroatoms. The molecule has 3 rings (SSSR count). The fourth-order valence-corrected chi connectivity index (χ4v) is 2.68. The van der Waals surface area contributed by atoms with Gasteiger partial charge in [-0.15, -0.1) is 10.2 Å². The molecule has 0 aliphatic heterocycles. The number of aromatic amines is 1. The number of rotatable bonds is 4. The van der Waals surface area contributed by atoms with Crippen molar-refractivity contribution in [2.45, 2.75) is 19.7 Å². The zero-order chi connectivity index (χ0) is 27.2. The fraction of sp³-hybridized carbons (Fsp3) is 0.176. The highest BCUT2D eigenvalue weighted by Crippen LogP contribution is 2.37. The minimum atomic E-state index is -3.50. The number of nitrogens with one attached hydrogen (secondary N) is 1. The van der Waals surface area contributed by atoms with Crippen molar-refractivity contribution in [2.75, 3.05) is 0 Å². The molecule has 29 heavy (non-hydrogen) atoms. The molecule has 2 aromatic heterocycles. The van der Waals surface area contributed by atoms with E-state index in [0.717, 1.165) is 24.3 Å². The first-order valence-electron chi connectivity index (χ1n) is 10.9. The highest BCUT2D eigenvalue weighted by Gasteiger charge is 2.16. The van der Waals surface area contributed by atoms with Gasteiger partial charge in [-0.3, -0.25) is 14.6 Å². The molecule has 10 nitrogen and oxygen atoms in total. The lowest BCUT2D eigenvalue weighted by molar-refractivity contribution is 0.411. The van der Waals surface area contributed by atoms with Gasteiger partial charge in [0.1, 0.15) is 6.07 Å². The van der Waals surface area contributed by atoms with Gasteiger partial charge in [-0.2, -0.15) is 9.94 Å². The molecule has 1 N–H and O–H groups in total. The van der Waals surface area contributed by atoms with E-state index in [1.807, 2.05) is 4.98 Å². The van der Waals surface area contributed by atoms with Crippen LogP contribution in [-0.4, -0.2) is 24.5 Å². The van der Waals surface area contributed by atoms with E-state index < -0.39 is 48.1 Å². The van der Waals surface area contributed by atoms with E-state index in [1.165, 1.54) is 6.07 Å². The third kappa shape index (κ3) is 4.06. The zero-order valence-electron chi connectivity index (χ0n) is 20.9. The van der Waals surface area contributed by atoms with Crippen LogP contribution in [0.2, 0.25) is 10.0 Å². The smallest absolute Gasteiger partial charge is 0.349 e. The maximum absolute atomic E-state index is 12.3. The van der Waals surface area contributed by atoms with Crippen molar-refractivity contribution in [1.29, 1.82) is 5.26 Å². The SMILES string of the molecule is [2H]C([2H])([2H])C([2H])(n1nc(Oc2c(Cl)cc(-n3nc(C#N)c(=O)[nH]c3=O)cc2Cl)ccc1=O)C([2H])([2H])[2H]. The quantitative estimate of drug-likeness (QED) is 0.653. The highest BCUT2D eigenvalue weighted by molar-refractivity contribution is 6.37. The lowest BCUT2D eigenvalue weighted by Gasteiger charge is -2.13. The Balaban J connectivity index is 2.11. The second-order valence-electron chi connectivity index (χ2n) is 5.24. The van der Waals surface area contributed by atoms with E-state index in [9.17, 15) is 14.4 Å². The molecule has 1 aromatic carbocycles. The molecule has 0 spiro atoms. The number of nitriles is 1. The van der Waals surface area contributed by atoms with E-state index in [1.54, 1.807) is 0 Å². The number of halogens is 2. The van der Waals surface area contributed by atoms with Crippen LogP contribution < -0.4 is 21.5 Å². The lowest BCUT2D eigenvalue weighted by atomic mass is 10.3. The summed E-state index contributed by atoms with van der Waals surface area (Å²) in [5.74, 6) is -0.849. The predicted molar refractivity (Wildman–Crippen MR) is 104 cm³/mol. The summed E-state index contributed by atoms with van der Waals surface area (Å²) in [6.07, 6.45) is 0. The molecular weight excluding hydrogens is 423 g/mol. The fourth-order valence-electron chi connectivity index (χ4n) is 2.13. The summed E-state index contributed by atoms with van der Waals surface area (Å²) in [6.45, 7) is -6.99. The number of aromatic nitrogens is 5. The first-order chi connectivity index (χ1) is 16.5. The molecule has 0 saturated carbocycles. The van der Waals surface area contributed by atoms with Crippen LogP contribution in [0.5, 0.6) is 11.6 Å². The number of ether oxygens (including phenoxy) is 1. The van der Waals surface area contributed by atoms with Gasteiger partial charge >= 0.3 is 5.69 Å². The van der Waals surface area contributed by atoms with Crippen LogP contribution >= 0.6 is 23.2 Å². The Labute approximate surface area is 182 Å². The summed E-state index contributed by atoms with van der Waals surface area (Å²) < 4.78 is 59.3. The molecule has 3 aromatic rings. The van der Waals surface area contributed by atoms with E-state index in [4.69, 9.17) is 42.8 Å². The second-order valence-corrected chi connectivity index (χ2v) is 6.06.